The summed E-state index contributed by atoms with van der Waals surface area (Å²) in [5.41, 5.74) is 1.29. The first-order valence-corrected chi connectivity index (χ1v) is 10.0. The lowest BCUT2D eigenvalue weighted by Gasteiger charge is -2.34. The van der Waals surface area contributed by atoms with Crippen molar-refractivity contribution in [2.75, 3.05) is 6.54 Å². The van der Waals surface area contributed by atoms with Gasteiger partial charge in [0.2, 0.25) is 0 Å². The third-order valence-electron chi connectivity index (χ3n) is 6.11. The van der Waals surface area contributed by atoms with Gasteiger partial charge in [0.25, 0.3) is 11.5 Å². The minimum Gasteiger partial charge on any atom is -0.329 e. The fourth-order valence-corrected chi connectivity index (χ4v) is 4.70. The van der Waals surface area contributed by atoms with E-state index in [4.69, 9.17) is 0 Å². The predicted octanol–water partition coefficient (Wildman–Crippen LogP) is 3.50. The van der Waals surface area contributed by atoms with Crippen molar-refractivity contribution in [2.24, 2.45) is 0 Å². The fourth-order valence-electron chi connectivity index (χ4n) is 4.70. The summed E-state index contributed by atoms with van der Waals surface area (Å²) >= 11 is 0. The highest BCUT2D eigenvalue weighted by atomic mass is 19.4. The summed E-state index contributed by atoms with van der Waals surface area (Å²) in [4.78, 5) is 31.9. The summed E-state index contributed by atoms with van der Waals surface area (Å²) in [6.07, 6.45) is -0.442. The highest BCUT2D eigenvalue weighted by Crippen LogP contribution is 2.43. The molecule has 1 unspecified atom stereocenters. The average Bonchev–Trinajstić information content (AvgIpc) is 3.34. The highest BCUT2D eigenvalue weighted by Gasteiger charge is 2.40. The monoisotopic (exact) mass is 428 g/mol. The van der Waals surface area contributed by atoms with Crippen LogP contribution in [0.2, 0.25) is 0 Å². The number of hydrogen-bond donors (Lipinski definition) is 0. The maximum Gasteiger partial charge on any atom is 0.416 e. The molecule has 31 heavy (non-hydrogen) atoms. The molecule has 0 saturated heterocycles. The molecule has 1 aliphatic heterocycles. The van der Waals surface area contributed by atoms with Crippen LogP contribution < -0.4 is 5.56 Å². The number of aryl methyl sites for hydroxylation is 1. The van der Waals surface area contributed by atoms with E-state index in [0.717, 1.165) is 11.8 Å². The zero-order chi connectivity index (χ0) is 21.9. The number of fused-ring (bicyclic) bond motifs is 2. The van der Waals surface area contributed by atoms with Crippen LogP contribution in [0.3, 0.4) is 0 Å². The number of carbonyl (C=O) groups is 1. The minimum absolute atomic E-state index is 0.247. The second-order valence-corrected chi connectivity index (χ2v) is 7.91. The number of aromatic nitrogens is 3. The topological polar surface area (TPSA) is 60.1 Å². The Bertz CT molecular complexity index is 1260. The number of rotatable bonds is 2. The van der Waals surface area contributed by atoms with E-state index in [-0.39, 0.29) is 42.2 Å². The summed E-state index contributed by atoms with van der Waals surface area (Å²) in [6, 6.07) is 6.91. The Hall–Kier alpha value is -3.36. The van der Waals surface area contributed by atoms with Crippen LogP contribution in [0.15, 0.2) is 47.7 Å². The van der Waals surface area contributed by atoms with Gasteiger partial charge < -0.3 is 14.0 Å². The molecule has 1 amide bonds. The summed E-state index contributed by atoms with van der Waals surface area (Å²) in [6.45, 7) is 2.36. The lowest BCUT2D eigenvalue weighted by Crippen LogP contribution is -2.46. The van der Waals surface area contributed by atoms with Crippen LogP contribution in [0.25, 0.3) is 5.69 Å². The second kappa shape index (κ2) is 6.83. The van der Waals surface area contributed by atoms with Gasteiger partial charge in [0.1, 0.15) is 11.4 Å². The summed E-state index contributed by atoms with van der Waals surface area (Å²) in [5.74, 6) is -0.341. The Labute approximate surface area is 175 Å². The lowest BCUT2D eigenvalue weighted by atomic mass is 10.0. The molecule has 1 aliphatic carbocycles. The first-order chi connectivity index (χ1) is 14.8. The van der Waals surface area contributed by atoms with E-state index < -0.39 is 17.8 Å². The van der Waals surface area contributed by atoms with E-state index in [1.54, 1.807) is 40.2 Å². The van der Waals surface area contributed by atoms with Crippen molar-refractivity contribution >= 4 is 5.91 Å². The van der Waals surface area contributed by atoms with Gasteiger partial charge in [-0.2, -0.15) is 13.2 Å². The number of carbonyl (C=O) groups excluding carboxylic acids is 1. The molecule has 3 aromatic rings. The van der Waals surface area contributed by atoms with Gasteiger partial charge in [-0.15, -0.1) is 0 Å². The van der Waals surface area contributed by atoms with Gasteiger partial charge in [0.15, 0.2) is 0 Å². The largest absolute Gasteiger partial charge is 0.416 e. The van der Waals surface area contributed by atoms with Crippen LogP contribution in [0.4, 0.5) is 13.2 Å². The van der Waals surface area contributed by atoms with Crippen molar-refractivity contribution in [1.29, 1.82) is 0 Å². The van der Waals surface area contributed by atoms with Crippen LogP contribution in [-0.4, -0.2) is 31.5 Å². The Morgan fingerprint density at radius 2 is 1.90 bits per heavy atom. The molecule has 1 atom stereocenters. The zero-order valence-electron chi connectivity index (χ0n) is 16.7. The molecule has 3 heterocycles. The van der Waals surface area contributed by atoms with E-state index in [9.17, 15) is 22.8 Å². The smallest absolute Gasteiger partial charge is 0.329 e. The van der Waals surface area contributed by atoms with E-state index in [2.05, 4.69) is 4.98 Å². The lowest BCUT2D eigenvalue weighted by molar-refractivity contribution is -0.138. The van der Waals surface area contributed by atoms with E-state index in [1.165, 1.54) is 10.6 Å². The van der Waals surface area contributed by atoms with Crippen molar-refractivity contribution in [1.82, 2.24) is 19.0 Å². The molecule has 2 aliphatic rings. The van der Waals surface area contributed by atoms with E-state index in [0.29, 0.717) is 17.7 Å². The maximum absolute atomic E-state index is 13.4. The molecule has 160 valence electrons. The molecule has 1 aromatic carbocycles. The van der Waals surface area contributed by atoms with Crippen molar-refractivity contribution in [2.45, 2.75) is 38.5 Å². The van der Waals surface area contributed by atoms with Gasteiger partial charge >= 0.3 is 6.18 Å². The molecule has 2 aromatic heterocycles. The Morgan fingerprint density at radius 3 is 2.61 bits per heavy atom. The Morgan fingerprint density at radius 1 is 1.10 bits per heavy atom. The molecule has 5 rings (SSSR count). The number of pyridine rings is 1. The Balaban J connectivity index is 1.50. The standard InChI is InChI=1S/C22H19F3N4O2/c1-13-11-27(12-26-13)18-7-8-19-21(31)28(9-10-29(19)20(18)30)17-6-5-14-15(17)3-2-4-16(14)22(23,24)25/h2-4,7-8,11-12,17H,5-6,9-10H2,1H3. The molecule has 0 fully saturated rings. The van der Waals surface area contributed by atoms with Gasteiger partial charge in [0, 0.05) is 19.3 Å². The molecular weight excluding hydrogens is 409 g/mol. The average molecular weight is 428 g/mol. The van der Waals surface area contributed by atoms with Crippen molar-refractivity contribution in [3.8, 4) is 5.69 Å². The third-order valence-corrected chi connectivity index (χ3v) is 6.11. The summed E-state index contributed by atoms with van der Waals surface area (Å²) in [7, 11) is 0. The van der Waals surface area contributed by atoms with Crippen LogP contribution in [0.5, 0.6) is 0 Å². The number of benzene rings is 1. The first kappa shape index (κ1) is 19.6. The zero-order valence-corrected chi connectivity index (χ0v) is 16.7. The molecule has 0 spiro atoms. The number of amides is 1. The molecule has 9 heteroatoms. The van der Waals surface area contributed by atoms with Crippen LogP contribution >= 0.6 is 0 Å². The van der Waals surface area contributed by atoms with Gasteiger partial charge in [0.05, 0.1) is 23.6 Å². The number of alkyl halides is 3. The summed E-state index contributed by atoms with van der Waals surface area (Å²) in [5, 5.41) is 0. The molecule has 0 N–H and O–H groups in total. The fraction of sp³-hybridized carbons (Fsp3) is 0.318. The Kier molecular flexibility index (Phi) is 4.32. The predicted molar refractivity (Wildman–Crippen MR) is 106 cm³/mol. The molecule has 0 bridgehead atoms. The van der Waals surface area contributed by atoms with E-state index in [1.807, 2.05) is 6.92 Å². The van der Waals surface area contributed by atoms with Gasteiger partial charge in [-0.05, 0) is 49.1 Å². The van der Waals surface area contributed by atoms with Gasteiger partial charge in [-0.3, -0.25) is 9.59 Å². The third kappa shape index (κ3) is 3.07. The van der Waals surface area contributed by atoms with Crippen LogP contribution in [0.1, 0.15) is 45.3 Å². The van der Waals surface area contributed by atoms with Crippen molar-refractivity contribution in [3.63, 3.8) is 0 Å². The molecular formula is C22H19F3N4O2. The maximum atomic E-state index is 13.4. The van der Waals surface area contributed by atoms with Crippen LogP contribution in [-0.2, 0) is 19.1 Å². The normalized spacial score (nSPS) is 18.3. The summed E-state index contributed by atoms with van der Waals surface area (Å²) < 4.78 is 43.2. The van der Waals surface area contributed by atoms with Gasteiger partial charge in [-0.25, -0.2) is 4.98 Å². The first-order valence-electron chi connectivity index (χ1n) is 10.0. The quantitative estimate of drug-likeness (QED) is 0.628. The molecule has 6 nitrogen and oxygen atoms in total. The number of nitrogens with zero attached hydrogens (tertiary/aromatic N) is 4. The number of imidazole rings is 1. The van der Waals surface area contributed by atoms with E-state index >= 15 is 0 Å². The van der Waals surface area contributed by atoms with Crippen molar-refractivity contribution < 1.29 is 18.0 Å². The number of hydrogen-bond acceptors (Lipinski definition) is 3. The number of halogens is 3. The highest BCUT2D eigenvalue weighted by molar-refractivity contribution is 5.93. The SMILES string of the molecule is Cc1cn(-c2ccc3n(c2=O)CCN(C2CCc4c2cccc4C(F)(F)F)C3=O)cn1. The second-order valence-electron chi connectivity index (χ2n) is 7.91. The van der Waals surface area contributed by atoms with Crippen LogP contribution in [0, 0.1) is 6.92 Å². The molecule has 0 radical (unpaired) electrons. The minimum atomic E-state index is -4.42. The molecule has 0 saturated carbocycles. The van der Waals surface area contributed by atoms with Gasteiger partial charge in [-0.1, -0.05) is 12.1 Å². The van der Waals surface area contributed by atoms with Crippen molar-refractivity contribution in [3.05, 3.63) is 81.3 Å².